The molecule has 5 nitrogen and oxygen atoms in total. The minimum Gasteiger partial charge on any atom is -0.358 e. The number of hydrogen-bond acceptors (Lipinski definition) is 4. The van der Waals surface area contributed by atoms with E-state index in [9.17, 15) is 14.0 Å². The van der Waals surface area contributed by atoms with Crippen molar-refractivity contribution < 1.29 is 14.0 Å². The summed E-state index contributed by atoms with van der Waals surface area (Å²) in [7, 11) is 0. The third kappa shape index (κ3) is 6.77. The number of benzene rings is 1. The van der Waals surface area contributed by atoms with Crippen LogP contribution in [-0.2, 0) is 9.59 Å². The number of amides is 2. The standard InChI is InChI=1S/C19H26FN3O2S2/c1-19(2,3)23(12-16(24)21-15-8-6-14(20)7-9-15)17(25)13-27-18(26)22-10-4-5-11-22/h6-9H,4-5,10-13H2,1-3H3,(H,21,24). The fourth-order valence-electron chi connectivity index (χ4n) is 2.77. The summed E-state index contributed by atoms with van der Waals surface area (Å²) in [5.41, 5.74) is -0.0140. The zero-order chi connectivity index (χ0) is 20.0. The van der Waals surface area contributed by atoms with Crippen LogP contribution >= 0.6 is 24.0 Å². The van der Waals surface area contributed by atoms with E-state index >= 15 is 0 Å². The third-order valence-electron chi connectivity index (χ3n) is 4.22. The van der Waals surface area contributed by atoms with E-state index in [-0.39, 0.29) is 29.9 Å². The summed E-state index contributed by atoms with van der Waals surface area (Å²) in [6, 6.07) is 5.53. The number of thioether (sulfide) groups is 1. The van der Waals surface area contributed by atoms with Crippen LogP contribution in [-0.4, -0.2) is 56.9 Å². The van der Waals surface area contributed by atoms with Crippen LogP contribution < -0.4 is 5.32 Å². The molecule has 1 N–H and O–H groups in total. The molecule has 2 amide bonds. The van der Waals surface area contributed by atoms with Crippen molar-refractivity contribution in [3.8, 4) is 0 Å². The van der Waals surface area contributed by atoms with Gasteiger partial charge in [0.2, 0.25) is 11.8 Å². The highest BCUT2D eigenvalue weighted by Crippen LogP contribution is 2.20. The van der Waals surface area contributed by atoms with Crippen LogP contribution in [0.3, 0.4) is 0 Å². The number of hydrogen-bond donors (Lipinski definition) is 1. The minimum absolute atomic E-state index is 0.0727. The van der Waals surface area contributed by atoms with Crippen LogP contribution in [0.4, 0.5) is 10.1 Å². The highest BCUT2D eigenvalue weighted by molar-refractivity contribution is 8.23. The molecule has 0 unspecified atom stereocenters. The molecule has 0 atom stereocenters. The summed E-state index contributed by atoms with van der Waals surface area (Å²) in [6.45, 7) is 7.49. The Kier molecular flexibility index (Phi) is 7.61. The van der Waals surface area contributed by atoms with Crippen LogP contribution in [0.5, 0.6) is 0 Å². The molecular weight excluding hydrogens is 385 g/mol. The topological polar surface area (TPSA) is 52.7 Å². The average molecular weight is 412 g/mol. The molecule has 8 heteroatoms. The van der Waals surface area contributed by atoms with Crippen LogP contribution in [0, 0.1) is 5.82 Å². The Labute approximate surface area is 169 Å². The second-order valence-corrected chi connectivity index (χ2v) is 9.06. The molecule has 27 heavy (non-hydrogen) atoms. The number of anilines is 1. The SMILES string of the molecule is CC(C)(C)N(CC(=O)Nc1ccc(F)cc1)C(=O)CSC(=S)N1CCCC1. The van der Waals surface area contributed by atoms with Gasteiger partial charge in [-0.3, -0.25) is 9.59 Å². The molecule has 1 fully saturated rings. The molecule has 0 saturated carbocycles. The van der Waals surface area contributed by atoms with E-state index in [1.54, 1.807) is 4.90 Å². The zero-order valence-electron chi connectivity index (χ0n) is 16.0. The van der Waals surface area contributed by atoms with Crippen molar-refractivity contribution in [2.24, 2.45) is 0 Å². The van der Waals surface area contributed by atoms with Gasteiger partial charge in [0.25, 0.3) is 0 Å². The van der Waals surface area contributed by atoms with Crippen molar-refractivity contribution in [1.29, 1.82) is 0 Å². The predicted octanol–water partition coefficient (Wildman–Crippen LogP) is 3.51. The number of nitrogens with one attached hydrogen (secondary N) is 1. The number of carbonyl (C=O) groups is 2. The maximum atomic E-state index is 13.0. The lowest BCUT2D eigenvalue weighted by Gasteiger charge is -2.35. The molecule has 0 aromatic heterocycles. The van der Waals surface area contributed by atoms with E-state index in [1.807, 2.05) is 20.8 Å². The Morgan fingerprint density at radius 1 is 1.22 bits per heavy atom. The van der Waals surface area contributed by atoms with E-state index in [1.165, 1.54) is 36.0 Å². The molecule has 1 aromatic carbocycles. The Balaban J connectivity index is 1.93. The first-order valence-corrected chi connectivity index (χ1v) is 10.3. The van der Waals surface area contributed by atoms with E-state index in [0.29, 0.717) is 5.69 Å². The zero-order valence-corrected chi connectivity index (χ0v) is 17.6. The van der Waals surface area contributed by atoms with Gasteiger partial charge in [0, 0.05) is 24.3 Å². The van der Waals surface area contributed by atoms with E-state index in [0.717, 1.165) is 30.3 Å². The highest BCUT2D eigenvalue weighted by Gasteiger charge is 2.29. The maximum Gasteiger partial charge on any atom is 0.244 e. The van der Waals surface area contributed by atoms with Gasteiger partial charge in [-0.05, 0) is 57.9 Å². The van der Waals surface area contributed by atoms with Crippen LogP contribution in [0.2, 0.25) is 0 Å². The molecule has 1 heterocycles. The molecule has 2 rings (SSSR count). The molecule has 0 bridgehead atoms. The Bertz CT molecular complexity index is 683. The number of likely N-dealkylation sites (tertiary alicyclic amines) is 1. The van der Waals surface area contributed by atoms with Gasteiger partial charge in [0.05, 0.1) is 5.75 Å². The van der Waals surface area contributed by atoms with Gasteiger partial charge in [-0.2, -0.15) is 0 Å². The minimum atomic E-state index is -0.507. The van der Waals surface area contributed by atoms with Gasteiger partial charge in [-0.15, -0.1) is 0 Å². The molecule has 1 aromatic rings. The van der Waals surface area contributed by atoms with Crippen LogP contribution in [0.15, 0.2) is 24.3 Å². The summed E-state index contributed by atoms with van der Waals surface area (Å²) in [5.74, 6) is -0.623. The number of thiocarbonyl (C=S) groups is 1. The van der Waals surface area contributed by atoms with Crippen molar-refractivity contribution >= 4 is 45.8 Å². The van der Waals surface area contributed by atoms with Crippen molar-refractivity contribution in [2.45, 2.75) is 39.2 Å². The lowest BCUT2D eigenvalue weighted by Crippen LogP contribution is -2.50. The molecule has 0 spiro atoms. The number of carbonyl (C=O) groups excluding carboxylic acids is 2. The molecule has 1 aliphatic rings. The Morgan fingerprint density at radius 2 is 1.81 bits per heavy atom. The fourth-order valence-corrected chi connectivity index (χ4v) is 3.90. The smallest absolute Gasteiger partial charge is 0.244 e. The quantitative estimate of drug-likeness (QED) is 0.752. The molecule has 0 radical (unpaired) electrons. The molecule has 1 aliphatic heterocycles. The van der Waals surface area contributed by atoms with Gasteiger partial charge < -0.3 is 15.1 Å². The second-order valence-electron chi connectivity index (χ2n) is 7.45. The van der Waals surface area contributed by atoms with Gasteiger partial charge in [0.1, 0.15) is 16.7 Å². The third-order valence-corrected chi connectivity index (χ3v) is 5.73. The molecule has 1 saturated heterocycles. The Hall–Kier alpha value is -1.67. The molecular formula is C19H26FN3O2S2. The summed E-state index contributed by atoms with van der Waals surface area (Å²) in [5, 5.41) is 2.70. The van der Waals surface area contributed by atoms with Crippen molar-refractivity contribution in [3.63, 3.8) is 0 Å². The monoisotopic (exact) mass is 411 g/mol. The summed E-state index contributed by atoms with van der Waals surface area (Å²) >= 11 is 6.76. The van der Waals surface area contributed by atoms with Crippen LogP contribution in [0.1, 0.15) is 33.6 Å². The van der Waals surface area contributed by atoms with Crippen molar-refractivity contribution in [1.82, 2.24) is 9.80 Å². The highest BCUT2D eigenvalue weighted by atomic mass is 32.2. The normalized spacial score (nSPS) is 14.1. The summed E-state index contributed by atoms with van der Waals surface area (Å²) in [6.07, 6.45) is 2.26. The predicted molar refractivity (Wildman–Crippen MR) is 112 cm³/mol. The maximum absolute atomic E-state index is 13.0. The van der Waals surface area contributed by atoms with E-state index in [2.05, 4.69) is 10.2 Å². The van der Waals surface area contributed by atoms with Gasteiger partial charge >= 0.3 is 0 Å². The van der Waals surface area contributed by atoms with Gasteiger partial charge in [0.15, 0.2) is 0 Å². The van der Waals surface area contributed by atoms with Crippen LogP contribution in [0.25, 0.3) is 0 Å². The fraction of sp³-hybridized carbons (Fsp3) is 0.526. The van der Waals surface area contributed by atoms with Crippen molar-refractivity contribution in [2.75, 3.05) is 30.7 Å². The molecule has 148 valence electrons. The lowest BCUT2D eigenvalue weighted by molar-refractivity contribution is -0.137. The van der Waals surface area contributed by atoms with Crippen molar-refractivity contribution in [3.05, 3.63) is 30.1 Å². The Morgan fingerprint density at radius 3 is 2.37 bits per heavy atom. The first-order valence-electron chi connectivity index (χ1n) is 8.94. The van der Waals surface area contributed by atoms with Gasteiger partial charge in [-0.25, -0.2) is 4.39 Å². The first-order chi connectivity index (χ1) is 12.7. The summed E-state index contributed by atoms with van der Waals surface area (Å²) in [4.78, 5) is 28.8. The first kappa shape index (κ1) is 21.6. The number of halogens is 1. The number of rotatable bonds is 5. The average Bonchev–Trinajstić information content (AvgIpc) is 3.13. The van der Waals surface area contributed by atoms with E-state index < -0.39 is 5.54 Å². The summed E-state index contributed by atoms with van der Waals surface area (Å²) < 4.78 is 13.7. The molecule has 0 aliphatic carbocycles. The van der Waals surface area contributed by atoms with Gasteiger partial charge in [-0.1, -0.05) is 24.0 Å². The largest absolute Gasteiger partial charge is 0.358 e. The second kappa shape index (κ2) is 9.50. The number of nitrogens with zero attached hydrogens (tertiary/aromatic N) is 2. The lowest BCUT2D eigenvalue weighted by atomic mass is 10.1. The van der Waals surface area contributed by atoms with E-state index in [4.69, 9.17) is 12.2 Å².